The number of benzene rings is 1. The van der Waals surface area contributed by atoms with Crippen LogP contribution in [0.2, 0.25) is 0 Å². The summed E-state index contributed by atoms with van der Waals surface area (Å²) in [6.45, 7) is 4.71. The monoisotopic (exact) mass is 262 g/mol. The lowest BCUT2D eigenvalue weighted by Gasteiger charge is -2.27. The van der Waals surface area contributed by atoms with Gasteiger partial charge in [-0.15, -0.1) is 0 Å². The van der Waals surface area contributed by atoms with E-state index in [1.807, 2.05) is 7.05 Å². The molecule has 0 aliphatic carbocycles. The first-order valence-electron chi connectivity index (χ1n) is 7.33. The quantitative estimate of drug-likeness (QED) is 0.823. The minimum absolute atomic E-state index is 0.288. The molecule has 1 fully saturated rings. The van der Waals surface area contributed by atoms with E-state index in [1.54, 1.807) is 0 Å². The highest BCUT2D eigenvalue weighted by Gasteiger charge is 2.30. The molecule has 3 unspecified atom stereocenters. The molecule has 1 aliphatic rings. The molecule has 0 radical (unpaired) electrons. The molecule has 1 heterocycles. The number of aliphatic hydroxyl groups is 1. The highest BCUT2D eigenvalue weighted by atomic mass is 16.3. The Morgan fingerprint density at radius 3 is 2.74 bits per heavy atom. The third-order valence-electron chi connectivity index (χ3n) is 4.44. The zero-order valence-electron chi connectivity index (χ0n) is 12.0. The lowest BCUT2D eigenvalue weighted by molar-refractivity contribution is 0.135. The van der Waals surface area contributed by atoms with Crippen LogP contribution in [-0.4, -0.2) is 42.8 Å². The van der Waals surface area contributed by atoms with Crippen molar-refractivity contribution in [3.05, 3.63) is 35.9 Å². The maximum absolute atomic E-state index is 9.49. The maximum atomic E-state index is 9.49. The second-order valence-corrected chi connectivity index (χ2v) is 5.59. The fraction of sp³-hybridized carbons (Fsp3) is 0.625. The molecule has 0 amide bonds. The van der Waals surface area contributed by atoms with Crippen LogP contribution in [0.15, 0.2) is 30.3 Å². The van der Waals surface area contributed by atoms with Crippen molar-refractivity contribution in [3.8, 4) is 0 Å². The Labute approximate surface area is 116 Å². The number of rotatable bonds is 6. The van der Waals surface area contributed by atoms with Gasteiger partial charge >= 0.3 is 0 Å². The summed E-state index contributed by atoms with van der Waals surface area (Å²) >= 11 is 0. The van der Waals surface area contributed by atoms with E-state index < -0.39 is 0 Å². The Bertz CT molecular complexity index is 368. The summed E-state index contributed by atoms with van der Waals surface area (Å²) in [4.78, 5) is 2.44. The van der Waals surface area contributed by atoms with Gasteiger partial charge in [-0.1, -0.05) is 37.3 Å². The zero-order valence-corrected chi connectivity index (χ0v) is 12.0. The molecule has 1 aliphatic heterocycles. The predicted molar refractivity (Wildman–Crippen MR) is 79.1 cm³/mol. The van der Waals surface area contributed by atoms with Crippen molar-refractivity contribution in [1.29, 1.82) is 0 Å². The Morgan fingerprint density at radius 2 is 2.11 bits per heavy atom. The van der Waals surface area contributed by atoms with Crippen molar-refractivity contribution in [1.82, 2.24) is 10.2 Å². The van der Waals surface area contributed by atoms with E-state index >= 15 is 0 Å². The molecule has 106 valence electrons. The highest BCUT2D eigenvalue weighted by molar-refractivity contribution is 5.18. The van der Waals surface area contributed by atoms with Gasteiger partial charge in [-0.05, 0) is 37.9 Å². The molecule has 1 aromatic rings. The van der Waals surface area contributed by atoms with Crippen LogP contribution in [0, 0.1) is 5.92 Å². The van der Waals surface area contributed by atoms with Gasteiger partial charge < -0.3 is 10.4 Å². The SMILES string of the molecule is CNC(CCN1CCC(C)C1CO)c1ccccc1. The van der Waals surface area contributed by atoms with Gasteiger partial charge in [0.1, 0.15) is 0 Å². The van der Waals surface area contributed by atoms with Crippen LogP contribution in [0.25, 0.3) is 0 Å². The van der Waals surface area contributed by atoms with E-state index in [0.717, 1.165) is 19.5 Å². The topological polar surface area (TPSA) is 35.5 Å². The summed E-state index contributed by atoms with van der Waals surface area (Å²) in [7, 11) is 2.02. The predicted octanol–water partition coefficient (Wildman–Crippen LogP) is 2.04. The number of hydrogen-bond acceptors (Lipinski definition) is 3. The summed E-state index contributed by atoms with van der Waals surface area (Å²) in [5, 5.41) is 12.9. The van der Waals surface area contributed by atoms with E-state index in [2.05, 4.69) is 47.5 Å². The number of likely N-dealkylation sites (tertiary alicyclic amines) is 1. The third-order valence-corrected chi connectivity index (χ3v) is 4.44. The lowest BCUT2D eigenvalue weighted by Crippen LogP contribution is -2.37. The summed E-state index contributed by atoms with van der Waals surface area (Å²) in [5.41, 5.74) is 1.35. The van der Waals surface area contributed by atoms with E-state index in [4.69, 9.17) is 0 Å². The van der Waals surface area contributed by atoms with Crippen molar-refractivity contribution < 1.29 is 5.11 Å². The molecule has 2 N–H and O–H groups in total. The summed E-state index contributed by atoms with van der Waals surface area (Å²) < 4.78 is 0. The van der Waals surface area contributed by atoms with Crippen LogP contribution >= 0.6 is 0 Å². The summed E-state index contributed by atoms with van der Waals surface area (Å²) in [6.07, 6.45) is 2.30. The maximum Gasteiger partial charge on any atom is 0.0589 e. The van der Waals surface area contributed by atoms with Gasteiger partial charge in [0.15, 0.2) is 0 Å². The average Bonchev–Trinajstić information content (AvgIpc) is 2.81. The molecule has 2 rings (SSSR count). The zero-order chi connectivity index (χ0) is 13.7. The third kappa shape index (κ3) is 3.56. The molecule has 19 heavy (non-hydrogen) atoms. The van der Waals surface area contributed by atoms with Gasteiger partial charge in [-0.2, -0.15) is 0 Å². The standard InChI is InChI=1S/C16H26N2O/c1-13-8-10-18(16(13)12-19)11-9-15(17-2)14-6-4-3-5-7-14/h3-7,13,15-17,19H,8-12H2,1-2H3. The molecule has 0 aromatic heterocycles. The fourth-order valence-electron chi connectivity index (χ4n) is 3.12. The Morgan fingerprint density at radius 1 is 1.37 bits per heavy atom. The molecule has 3 nitrogen and oxygen atoms in total. The molecule has 0 spiro atoms. The first-order chi connectivity index (χ1) is 9.26. The van der Waals surface area contributed by atoms with E-state index in [1.165, 1.54) is 12.0 Å². The average molecular weight is 262 g/mol. The first kappa shape index (κ1) is 14.5. The van der Waals surface area contributed by atoms with Crippen LogP contribution < -0.4 is 5.32 Å². The highest BCUT2D eigenvalue weighted by Crippen LogP contribution is 2.25. The Kier molecular flexibility index (Phi) is 5.37. The Balaban J connectivity index is 1.90. The number of hydrogen-bond donors (Lipinski definition) is 2. The van der Waals surface area contributed by atoms with Gasteiger partial charge in [-0.3, -0.25) is 4.90 Å². The van der Waals surface area contributed by atoms with Crippen LogP contribution in [-0.2, 0) is 0 Å². The van der Waals surface area contributed by atoms with Gasteiger partial charge in [0.2, 0.25) is 0 Å². The van der Waals surface area contributed by atoms with Crippen LogP contribution in [0.3, 0.4) is 0 Å². The van der Waals surface area contributed by atoms with E-state index in [-0.39, 0.29) is 6.61 Å². The lowest BCUT2D eigenvalue weighted by atomic mass is 10.0. The molecular weight excluding hydrogens is 236 g/mol. The van der Waals surface area contributed by atoms with E-state index in [0.29, 0.717) is 18.0 Å². The minimum atomic E-state index is 0.288. The number of nitrogens with one attached hydrogen (secondary N) is 1. The van der Waals surface area contributed by atoms with Crippen molar-refractivity contribution in [2.75, 3.05) is 26.7 Å². The largest absolute Gasteiger partial charge is 0.395 e. The second kappa shape index (κ2) is 7.04. The normalized spacial score (nSPS) is 25.6. The summed E-state index contributed by atoms with van der Waals surface area (Å²) in [6, 6.07) is 11.3. The Hall–Kier alpha value is -0.900. The van der Waals surface area contributed by atoms with Crippen molar-refractivity contribution in [2.45, 2.75) is 31.8 Å². The molecule has 3 heteroatoms. The first-order valence-corrected chi connectivity index (χ1v) is 7.33. The number of nitrogens with zero attached hydrogens (tertiary/aromatic N) is 1. The van der Waals surface area contributed by atoms with Crippen molar-refractivity contribution >= 4 is 0 Å². The second-order valence-electron chi connectivity index (χ2n) is 5.59. The summed E-state index contributed by atoms with van der Waals surface area (Å²) in [5.74, 6) is 0.620. The fourth-order valence-corrected chi connectivity index (χ4v) is 3.12. The van der Waals surface area contributed by atoms with Gasteiger partial charge in [0, 0.05) is 18.6 Å². The van der Waals surface area contributed by atoms with E-state index in [9.17, 15) is 5.11 Å². The molecule has 0 saturated carbocycles. The minimum Gasteiger partial charge on any atom is -0.395 e. The van der Waals surface area contributed by atoms with Gasteiger partial charge in [0.05, 0.1) is 6.61 Å². The smallest absolute Gasteiger partial charge is 0.0589 e. The van der Waals surface area contributed by atoms with Crippen LogP contribution in [0.4, 0.5) is 0 Å². The van der Waals surface area contributed by atoms with Crippen LogP contribution in [0.1, 0.15) is 31.4 Å². The van der Waals surface area contributed by atoms with Crippen molar-refractivity contribution in [3.63, 3.8) is 0 Å². The molecule has 0 bridgehead atoms. The number of aliphatic hydroxyl groups excluding tert-OH is 1. The molecule has 3 atom stereocenters. The molecular formula is C16H26N2O. The molecule has 1 saturated heterocycles. The molecule has 1 aromatic carbocycles. The van der Waals surface area contributed by atoms with Crippen molar-refractivity contribution in [2.24, 2.45) is 5.92 Å². The van der Waals surface area contributed by atoms with Gasteiger partial charge in [0.25, 0.3) is 0 Å². The van der Waals surface area contributed by atoms with Gasteiger partial charge in [-0.25, -0.2) is 0 Å². The van der Waals surface area contributed by atoms with Crippen LogP contribution in [0.5, 0.6) is 0 Å².